The molecule has 0 unspecified atom stereocenters. The van der Waals surface area contributed by atoms with Crippen molar-refractivity contribution < 1.29 is 13.2 Å². The third kappa shape index (κ3) is 2.32. The number of hydrogen-bond acceptors (Lipinski definition) is 3. The van der Waals surface area contributed by atoms with Crippen molar-refractivity contribution in [3.63, 3.8) is 0 Å². The zero-order valence-corrected chi connectivity index (χ0v) is 8.32. The highest BCUT2D eigenvalue weighted by atomic mass is 19.4. The maximum atomic E-state index is 12.3. The van der Waals surface area contributed by atoms with Gasteiger partial charge in [0.25, 0.3) is 0 Å². The van der Waals surface area contributed by atoms with Crippen LogP contribution in [0.2, 0.25) is 0 Å². The summed E-state index contributed by atoms with van der Waals surface area (Å²) in [4.78, 5) is 14.5. The number of alkyl halides is 3. The van der Waals surface area contributed by atoms with Gasteiger partial charge in [0.15, 0.2) is 5.82 Å². The molecule has 0 fully saturated rings. The summed E-state index contributed by atoms with van der Waals surface area (Å²) in [6, 6.07) is 8.29. The highest BCUT2D eigenvalue weighted by Gasteiger charge is 2.36. The first-order valence-electron chi connectivity index (χ1n) is 4.58. The van der Waals surface area contributed by atoms with Crippen LogP contribution in [-0.4, -0.2) is 15.2 Å². The fourth-order valence-electron chi connectivity index (χ4n) is 1.25. The first kappa shape index (κ1) is 11.3. The Kier molecular flexibility index (Phi) is 2.66. The molecule has 1 heterocycles. The Balaban J connectivity index is 2.49. The molecule has 88 valence electrons. The van der Waals surface area contributed by atoms with Gasteiger partial charge in [-0.15, -0.1) is 0 Å². The van der Waals surface area contributed by atoms with Gasteiger partial charge in [-0.05, 0) is 0 Å². The summed E-state index contributed by atoms with van der Waals surface area (Å²) in [6.45, 7) is 0. The fraction of sp³-hybridized carbons (Fsp3) is 0.100. The average molecular weight is 241 g/mol. The zero-order chi connectivity index (χ0) is 12.5. The predicted octanol–water partition coefficient (Wildman–Crippen LogP) is 1.85. The highest BCUT2D eigenvalue weighted by molar-refractivity contribution is 5.53. The second-order valence-corrected chi connectivity index (χ2v) is 3.20. The number of rotatable bonds is 1. The molecule has 1 aromatic heterocycles. The van der Waals surface area contributed by atoms with Gasteiger partial charge < -0.3 is 0 Å². The molecule has 4 nitrogen and oxygen atoms in total. The molecule has 0 amide bonds. The van der Waals surface area contributed by atoms with E-state index in [1.807, 2.05) is 0 Å². The first-order chi connectivity index (χ1) is 7.98. The van der Waals surface area contributed by atoms with Gasteiger partial charge in [0.1, 0.15) is 0 Å². The quantitative estimate of drug-likeness (QED) is 0.828. The van der Waals surface area contributed by atoms with E-state index < -0.39 is 17.4 Å². The summed E-state index contributed by atoms with van der Waals surface area (Å²) >= 11 is 0. The average Bonchev–Trinajstić information content (AvgIpc) is 2.28. The van der Waals surface area contributed by atoms with Crippen LogP contribution in [0.5, 0.6) is 0 Å². The van der Waals surface area contributed by atoms with Crippen molar-refractivity contribution >= 4 is 0 Å². The second-order valence-electron chi connectivity index (χ2n) is 3.20. The lowest BCUT2D eigenvalue weighted by atomic mass is 10.2. The number of nitrogens with one attached hydrogen (secondary N) is 1. The molecule has 2 rings (SSSR count). The molecule has 0 aliphatic rings. The van der Waals surface area contributed by atoms with Crippen LogP contribution in [0, 0.1) is 0 Å². The van der Waals surface area contributed by atoms with Crippen molar-refractivity contribution in [2.24, 2.45) is 0 Å². The summed E-state index contributed by atoms with van der Waals surface area (Å²) in [6.07, 6.45) is -4.80. The Hall–Kier alpha value is -2.18. The molecule has 0 aliphatic heterocycles. The summed E-state index contributed by atoms with van der Waals surface area (Å²) in [5, 5.41) is 5.12. The molecule has 0 bridgehead atoms. The molecule has 0 radical (unpaired) electrons. The maximum absolute atomic E-state index is 12.3. The monoisotopic (exact) mass is 241 g/mol. The van der Waals surface area contributed by atoms with Crippen LogP contribution in [0.4, 0.5) is 13.2 Å². The fourth-order valence-corrected chi connectivity index (χ4v) is 1.25. The van der Waals surface area contributed by atoms with Crippen LogP contribution in [0.25, 0.3) is 11.4 Å². The minimum Gasteiger partial charge on any atom is -0.265 e. The molecular weight excluding hydrogens is 235 g/mol. The highest BCUT2D eigenvalue weighted by Crippen LogP contribution is 2.24. The maximum Gasteiger partial charge on any atom is 0.440 e. The zero-order valence-electron chi connectivity index (χ0n) is 8.32. The van der Waals surface area contributed by atoms with E-state index in [2.05, 4.69) is 15.2 Å². The normalized spacial score (nSPS) is 11.5. The van der Waals surface area contributed by atoms with Crippen LogP contribution in [-0.2, 0) is 6.18 Å². The summed E-state index contributed by atoms with van der Waals surface area (Å²) in [7, 11) is 0. The molecular formula is C10H6F3N3O. The molecule has 0 spiro atoms. The molecule has 0 aliphatic carbocycles. The van der Waals surface area contributed by atoms with Crippen molar-refractivity contribution in [1.29, 1.82) is 0 Å². The number of benzene rings is 1. The van der Waals surface area contributed by atoms with E-state index in [1.165, 1.54) is 0 Å². The minimum absolute atomic E-state index is 0.00333. The third-order valence-electron chi connectivity index (χ3n) is 2.01. The van der Waals surface area contributed by atoms with Gasteiger partial charge >= 0.3 is 11.7 Å². The van der Waals surface area contributed by atoms with Crippen molar-refractivity contribution in [2.75, 3.05) is 0 Å². The van der Waals surface area contributed by atoms with E-state index in [0.29, 0.717) is 5.56 Å². The third-order valence-corrected chi connectivity index (χ3v) is 2.01. The Morgan fingerprint density at radius 3 is 2.29 bits per heavy atom. The van der Waals surface area contributed by atoms with Gasteiger partial charge in [-0.3, -0.25) is 9.89 Å². The smallest absolute Gasteiger partial charge is 0.265 e. The van der Waals surface area contributed by atoms with Crippen molar-refractivity contribution in [2.45, 2.75) is 6.18 Å². The molecule has 17 heavy (non-hydrogen) atoms. The van der Waals surface area contributed by atoms with Gasteiger partial charge in [-0.2, -0.15) is 23.3 Å². The van der Waals surface area contributed by atoms with E-state index in [9.17, 15) is 18.0 Å². The van der Waals surface area contributed by atoms with E-state index in [4.69, 9.17) is 0 Å². The number of aromatic amines is 1. The van der Waals surface area contributed by atoms with Gasteiger partial charge in [-0.25, -0.2) is 0 Å². The number of aromatic nitrogens is 3. The molecule has 0 atom stereocenters. The predicted molar refractivity (Wildman–Crippen MR) is 53.1 cm³/mol. The lowest BCUT2D eigenvalue weighted by molar-refractivity contribution is -0.143. The molecule has 2 aromatic rings. The van der Waals surface area contributed by atoms with Gasteiger partial charge in [0.2, 0.25) is 5.69 Å². The standard InChI is InChI=1S/C10H6F3N3O/c11-10(12,13)7-9(17)14-8(16-15-7)6-4-2-1-3-5-6/h1-5H,(H,14,16,17). The topological polar surface area (TPSA) is 58.6 Å². The Morgan fingerprint density at radius 2 is 1.76 bits per heavy atom. The van der Waals surface area contributed by atoms with E-state index in [0.717, 1.165) is 0 Å². The van der Waals surface area contributed by atoms with Crippen molar-refractivity contribution in [3.05, 3.63) is 46.4 Å². The number of hydrogen-bond donors (Lipinski definition) is 1. The Bertz CT molecular complexity index is 577. The van der Waals surface area contributed by atoms with Crippen LogP contribution in [0.15, 0.2) is 35.1 Å². The van der Waals surface area contributed by atoms with E-state index >= 15 is 0 Å². The SMILES string of the molecule is O=c1nc(-c2ccccc2)[nH]nc1C(F)(F)F. The number of nitrogens with zero attached hydrogens (tertiary/aromatic N) is 2. The molecule has 0 saturated carbocycles. The Morgan fingerprint density at radius 1 is 1.12 bits per heavy atom. The first-order valence-corrected chi connectivity index (χ1v) is 4.58. The van der Waals surface area contributed by atoms with E-state index in [-0.39, 0.29) is 5.82 Å². The summed E-state index contributed by atoms with van der Waals surface area (Å²) in [5.41, 5.74) is -2.45. The van der Waals surface area contributed by atoms with Gasteiger partial charge in [0, 0.05) is 5.56 Å². The van der Waals surface area contributed by atoms with Gasteiger partial charge in [0.05, 0.1) is 0 Å². The minimum atomic E-state index is -4.80. The summed E-state index contributed by atoms with van der Waals surface area (Å²) in [5.74, 6) is 0.00333. The molecule has 1 aromatic carbocycles. The van der Waals surface area contributed by atoms with Crippen LogP contribution in [0.1, 0.15) is 5.69 Å². The van der Waals surface area contributed by atoms with Crippen LogP contribution >= 0.6 is 0 Å². The molecule has 7 heteroatoms. The second kappa shape index (κ2) is 4.00. The Labute approximate surface area is 93.1 Å². The molecule has 0 saturated heterocycles. The lowest BCUT2D eigenvalue weighted by Gasteiger charge is -2.04. The van der Waals surface area contributed by atoms with Gasteiger partial charge in [-0.1, -0.05) is 30.3 Å². The largest absolute Gasteiger partial charge is 0.440 e. The van der Waals surface area contributed by atoms with Crippen LogP contribution < -0.4 is 5.56 Å². The van der Waals surface area contributed by atoms with Crippen molar-refractivity contribution in [1.82, 2.24) is 15.2 Å². The molecule has 1 N–H and O–H groups in total. The van der Waals surface area contributed by atoms with Crippen molar-refractivity contribution in [3.8, 4) is 11.4 Å². The lowest BCUT2D eigenvalue weighted by Crippen LogP contribution is -2.25. The van der Waals surface area contributed by atoms with Crippen LogP contribution in [0.3, 0.4) is 0 Å². The summed E-state index contributed by atoms with van der Waals surface area (Å²) < 4.78 is 36.8. The van der Waals surface area contributed by atoms with E-state index in [1.54, 1.807) is 30.3 Å². The number of H-pyrrole nitrogens is 1. The number of halogens is 3.